The van der Waals surface area contributed by atoms with E-state index >= 15 is 0 Å². The summed E-state index contributed by atoms with van der Waals surface area (Å²) in [6.07, 6.45) is 2.33. The van der Waals surface area contributed by atoms with Crippen LogP contribution in [0.4, 0.5) is 5.69 Å². The van der Waals surface area contributed by atoms with Gasteiger partial charge in [0.05, 0.1) is 6.54 Å². The summed E-state index contributed by atoms with van der Waals surface area (Å²) in [7, 11) is 0. The molecule has 6 heteroatoms. The van der Waals surface area contributed by atoms with Crippen molar-refractivity contribution in [3.63, 3.8) is 0 Å². The molecule has 1 aliphatic heterocycles. The van der Waals surface area contributed by atoms with Crippen LogP contribution in [0.2, 0.25) is 5.02 Å². The molecule has 1 aromatic rings. The molecule has 0 aromatic heterocycles. The number of benzene rings is 1. The number of likely N-dealkylation sites (tertiary alicyclic amines) is 1. The van der Waals surface area contributed by atoms with Crippen molar-refractivity contribution in [3.8, 4) is 0 Å². The van der Waals surface area contributed by atoms with Crippen LogP contribution in [0.1, 0.15) is 19.8 Å². The fraction of sp³-hybridized carbons (Fsp3) is 0.562. The molecule has 0 aliphatic carbocycles. The second kappa shape index (κ2) is 10.1. The molecule has 0 bridgehead atoms. The smallest absolute Gasteiger partial charge is 0.238 e. The van der Waals surface area contributed by atoms with Crippen LogP contribution in [0.3, 0.4) is 0 Å². The van der Waals surface area contributed by atoms with Gasteiger partial charge in [0.2, 0.25) is 5.91 Å². The number of amides is 1. The summed E-state index contributed by atoms with van der Waals surface area (Å²) in [4.78, 5) is 14.3. The quantitative estimate of drug-likeness (QED) is 0.832. The number of piperidine rings is 1. The third-order valence-corrected chi connectivity index (χ3v) is 4.10. The second-order valence-electron chi connectivity index (χ2n) is 5.59. The summed E-state index contributed by atoms with van der Waals surface area (Å²) in [5.41, 5.74) is 0.759. The van der Waals surface area contributed by atoms with E-state index in [0.717, 1.165) is 50.6 Å². The molecule has 0 radical (unpaired) electrons. The van der Waals surface area contributed by atoms with Crippen LogP contribution >= 0.6 is 24.0 Å². The predicted octanol–water partition coefficient (Wildman–Crippen LogP) is 3.02. The van der Waals surface area contributed by atoms with E-state index in [4.69, 9.17) is 11.6 Å². The van der Waals surface area contributed by atoms with Crippen molar-refractivity contribution in [1.29, 1.82) is 0 Å². The Bertz CT molecular complexity index is 462. The maximum absolute atomic E-state index is 12.0. The van der Waals surface area contributed by atoms with Gasteiger partial charge in [0.25, 0.3) is 0 Å². The van der Waals surface area contributed by atoms with Gasteiger partial charge in [-0.2, -0.15) is 0 Å². The molecule has 1 amide bonds. The topological polar surface area (TPSA) is 44.4 Å². The minimum atomic E-state index is 0. The first kappa shape index (κ1) is 19.2. The van der Waals surface area contributed by atoms with Gasteiger partial charge in [0.1, 0.15) is 0 Å². The van der Waals surface area contributed by atoms with Gasteiger partial charge >= 0.3 is 0 Å². The van der Waals surface area contributed by atoms with Crippen molar-refractivity contribution in [2.45, 2.75) is 19.8 Å². The number of rotatable bonds is 6. The summed E-state index contributed by atoms with van der Waals surface area (Å²) < 4.78 is 0. The van der Waals surface area contributed by atoms with E-state index in [-0.39, 0.29) is 18.3 Å². The van der Waals surface area contributed by atoms with Crippen molar-refractivity contribution in [1.82, 2.24) is 10.2 Å². The molecule has 0 saturated carbocycles. The number of nitrogens with zero attached hydrogens (tertiary/aromatic N) is 1. The molecular formula is C16H25Cl2N3O. The Hall–Kier alpha value is -0.810. The number of anilines is 1. The average Bonchev–Trinajstić information content (AvgIpc) is 2.46. The second-order valence-corrected chi connectivity index (χ2v) is 6.02. The molecule has 2 N–H and O–H groups in total. The van der Waals surface area contributed by atoms with Crippen LogP contribution in [-0.2, 0) is 4.79 Å². The van der Waals surface area contributed by atoms with Gasteiger partial charge in [-0.3, -0.25) is 9.69 Å². The summed E-state index contributed by atoms with van der Waals surface area (Å²) in [5.74, 6) is 0.777. The highest BCUT2D eigenvalue weighted by Gasteiger charge is 2.20. The predicted molar refractivity (Wildman–Crippen MR) is 95.0 cm³/mol. The van der Waals surface area contributed by atoms with Crippen LogP contribution in [0, 0.1) is 5.92 Å². The van der Waals surface area contributed by atoms with Gasteiger partial charge in [-0.25, -0.2) is 0 Å². The third-order valence-electron chi connectivity index (χ3n) is 3.87. The van der Waals surface area contributed by atoms with Crippen LogP contribution in [0.5, 0.6) is 0 Å². The van der Waals surface area contributed by atoms with E-state index in [0.29, 0.717) is 11.6 Å². The first-order valence-electron chi connectivity index (χ1n) is 7.66. The normalized spacial score (nSPS) is 16.1. The molecule has 1 heterocycles. The van der Waals surface area contributed by atoms with Gasteiger partial charge in [-0.15, -0.1) is 12.4 Å². The summed E-state index contributed by atoms with van der Waals surface area (Å²) in [5, 5.41) is 6.94. The number of nitrogens with one attached hydrogen (secondary N) is 2. The largest absolute Gasteiger partial charge is 0.325 e. The highest BCUT2D eigenvalue weighted by Crippen LogP contribution is 2.17. The highest BCUT2D eigenvalue weighted by molar-refractivity contribution is 6.30. The fourth-order valence-corrected chi connectivity index (χ4v) is 2.86. The lowest BCUT2D eigenvalue weighted by atomic mass is 9.97. The minimum Gasteiger partial charge on any atom is -0.325 e. The lowest BCUT2D eigenvalue weighted by Crippen LogP contribution is -2.41. The molecule has 1 saturated heterocycles. The highest BCUT2D eigenvalue weighted by atomic mass is 35.5. The molecule has 1 fully saturated rings. The Morgan fingerprint density at radius 3 is 2.73 bits per heavy atom. The van der Waals surface area contributed by atoms with Gasteiger partial charge in [0, 0.05) is 10.7 Å². The van der Waals surface area contributed by atoms with E-state index in [9.17, 15) is 4.79 Å². The zero-order valence-electron chi connectivity index (χ0n) is 13.0. The van der Waals surface area contributed by atoms with Crippen LogP contribution in [0.25, 0.3) is 0 Å². The van der Waals surface area contributed by atoms with Gasteiger partial charge in [-0.1, -0.05) is 24.6 Å². The van der Waals surface area contributed by atoms with Crippen LogP contribution in [-0.4, -0.2) is 43.5 Å². The number of carbonyl (C=O) groups excluding carboxylic acids is 1. The average molecular weight is 346 g/mol. The van der Waals surface area contributed by atoms with Crippen LogP contribution < -0.4 is 10.6 Å². The molecule has 1 aromatic carbocycles. The first-order valence-corrected chi connectivity index (χ1v) is 8.03. The zero-order chi connectivity index (χ0) is 15.1. The monoisotopic (exact) mass is 345 g/mol. The maximum atomic E-state index is 12.0. The Kier molecular flexibility index (Phi) is 8.79. The third kappa shape index (κ3) is 6.53. The molecule has 1 aliphatic rings. The van der Waals surface area contributed by atoms with Gasteiger partial charge in [0.15, 0.2) is 0 Å². The number of halogens is 2. The van der Waals surface area contributed by atoms with Crippen molar-refractivity contribution >= 4 is 35.6 Å². The van der Waals surface area contributed by atoms with E-state index in [1.54, 1.807) is 12.1 Å². The Balaban J connectivity index is 0.00000242. The van der Waals surface area contributed by atoms with E-state index in [2.05, 4.69) is 22.5 Å². The number of hydrogen-bond donors (Lipinski definition) is 2. The number of carbonyl (C=O) groups is 1. The van der Waals surface area contributed by atoms with E-state index < -0.39 is 0 Å². The lowest BCUT2D eigenvalue weighted by molar-refractivity contribution is -0.117. The van der Waals surface area contributed by atoms with Crippen molar-refractivity contribution in [2.24, 2.45) is 5.92 Å². The molecule has 22 heavy (non-hydrogen) atoms. The van der Waals surface area contributed by atoms with E-state index in [1.165, 1.54) is 0 Å². The molecule has 0 atom stereocenters. The SMILES string of the molecule is CCNCC1CCN(CC(=O)Nc2cccc(Cl)c2)CC1.Cl. The first-order chi connectivity index (χ1) is 10.2. The zero-order valence-corrected chi connectivity index (χ0v) is 14.6. The van der Waals surface area contributed by atoms with Crippen molar-refractivity contribution in [3.05, 3.63) is 29.3 Å². The maximum Gasteiger partial charge on any atom is 0.238 e. The Morgan fingerprint density at radius 1 is 1.36 bits per heavy atom. The Morgan fingerprint density at radius 2 is 2.09 bits per heavy atom. The van der Waals surface area contributed by atoms with Crippen molar-refractivity contribution < 1.29 is 4.79 Å². The molecule has 2 rings (SSSR count). The molecule has 124 valence electrons. The Labute approximate surface area is 144 Å². The summed E-state index contributed by atoms with van der Waals surface area (Å²) in [6, 6.07) is 7.25. The van der Waals surface area contributed by atoms with E-state index in [1.807, 2.05) is 12.1 Å². The summed E-state index contributed by atoms with van der Waals surface area (Å²) in [6.45, 7) is 6.72. The van der Waals surface area contributed by atoms with Gasteiger partial charge < -0.3 is 10.6 Å². The van der Waals surface area contributed by atoms with Gasteiger partial charge in [-0.05, 0) is 63.1 Å². The fourth-order valence-electron chi connectivity index (χ4n) is 2.67. The standard InChI is InChI=1S/C16H24ClN3O.ClH/c1-2-18-11-13-6-8-20(9-7-13)12-16(21)19-15-5-3-4-14(17)10-15;/h3-5,10,13,18H,2,6-9,11-12H2,1H3,(H,19,21);1H. The minimum absolute atomic E-state index is 0. The lowest BCUT2D eigenvalue weighted by Gasteiger charge is -2.31. The van der Waals surface area contributed by atoms with Crippen LogP contribution in [0.15, 0.2) is 24.3 Å². The molecular weight excluding hydrogens is 321 g/mol. The van der Waals surface area contributed by atoms with Crippen molar-refractivity contribution in [2.75, 3.05) is 38.0 Å². The molecule has 4 nitrogen and oxygen atoms in total. The number of hydrogen-bond acceptors (Lipinski definition) is 3. The summed E-state index contributed by atoms with van der Waals surface area (Å²) >= 11 is 5.91. The molecule has 0 unspecified atom stereocenters. The molecule has 0 spiro atoms.